The summed E-state index contributed by atoms with van der Waals surface area (Å²) in [5.41, 5.74) is 1.16. The lowest BCUT2D eigenvalue weighted by Gasteiger charge is -2.35. The molecule has 0 unspecified atom stereocenters. The van der Waals surface area contributed by atoms with Crippen LogP contribution < -0.4 is 15.5 Å². The predicted molar refractivity (Wildman–Crippen MR) is 116 cm³/mol. The van der Waals surface area contributed by atoms with E-state index in [1.807, 2.05) is 24.3 Å². The molecule has 0 spiro atoms. The van der Waals surface area contributed by atoms with Crippen LogP contribution in [0.3, 0.4) is 0 Å². The first-order valence-electron chi connectivity index (χ1n) is 9.32. The molecule has 1 aliphatic rings. The Hall–Kier alpha value is -1.92. The van der Waals surface area contributed by atoms with Crippen LogP contribution in [0, 0.1) is 11.8 Å². The number of benzene rings is 1. The van der Waals surface area contributed by atoms with E-state index in [4.69, 9.17) is 23.8 Å². The average molecular weight is 404 g/mol. The van der Waals surface area contributed by atoms with Crippen molar-refractivity contribution in [3.63, 3.8) is 0 Å². The molecular weight excluding hydrogens is 378 g/mol. The first-order chi connectivity index (χ1) is 12.9. The van der Waals surface area contributed by atoms with E-state index in [2.05, 4.69) is 58.4 Å². The molecule has 2 aromatic rings. The normalized spacial score (nSPS) is 20.8. The van der Waals surface area contributed by atoms with Crippen molar-refractivity contribution in [1.29, 1.82) is 0 Å². The molecule has 2 N–H and O–H groups in total. The highest BCUT2D eigenvalue weighted by Gasteiger charge is 2.23. The molecule has 7 heteroatoms. The Morgan fingerprint density at radius 2 is 1.85 bits per heavy atom. The molecule has 0 radical (unpaired) electrons. The molecule has 27 heavy (non-hydrogen) atoms. The summed E-state index contributed by atoms with van der Waals surface area (Å²) in [5, 5.41) is 7.21. The van der Waals surface area contributed by atoms with Gasteiger partial charge in [-0.2, -0.15) is 4.98 Å². The molecule has 1 fully saturated rings. The number of thiocarbonyl (C=S) groups is 1. The van der Waals surface area contributed by atoms with Crippen molar-refractivity contribution >= 4 is 40.7 Å². The van der Waals surface area contributed by atoms with Gasteiger partial charge in [0, 0.05) is 19.2 Å². The molecule has 0 aliphatic carbocycles. The van der Waals surface area contributed by atoms with Crippen LogP contribution in [0.2, 0.25) is 5.15 Å². The van der Waals surface area contributed by atoms with Gasteiger partial charge in [-0.25, -0.2) is 4.98 Å². The minimum atomic E-state index is 0.0775. The lowest BCUT2D eigenvalue weighted by molar-refractivity contribution is 0.355. The maximum Gasteiger partial charge on any atom is 0.232 e. The Morgan fingerprint density at radius 1 is 1.19 bits per heavy atom. The number of hydrogen-bond donors (Lipinski definition) is 2. The Kier molecular flexibility index (Phi) is 6.50. The van der Waals surface area contributed by atoms with Crippen LogP contribution >= 0.6 is 23.8 Å². The van der Waals surface area contributed by atoms with Crippen molar-refractivity contribution in [3.8, 4) is 0 Å². The van der Waals surface area contributed by atoms with Gasteiger partial charge in [0.25, 0.3) is 0 Å². The van der Waals surface area contributed by atoms with Gasteiger partial charge in [-0.3, -0.25) is 0 Å². The van der Waals surface area contributed by atoms with Crippen LogP contribution in [0.5, 0.6) is 0 Å². The van der Waals surface area contributed by atoms with Gasteiger partial charge < -0.3 is 15.5 Å². The minimum absolute atomic E-state index is 0.0775. The number of nitrogens with one attached hydrogen (secondary N) is 2. The zero-order valence-corrected chi connectivity index (χ0v) is 17.5. The summed E-state index contributed by atoms with van der Waals surface area (Å²) < 4.78 is 0. The van der Waals surface area contributed by atoms with Crippen LogP contribution in [-0.2, 0) is 0 Å². The van der Waals surface area contributed by atoms with Crippen molar-refractivity contribution in [1.82, 2.24) is 15.3 Å². The van der Waals surface area contributed by atoms with E-state index in [0.717, 1.165) is 24.5 Å². The number of anilines is 2. The SMILES string of the molecule is C[C@@H]1C[C@@H](C)CN(c2cc(Cl)nc(NC(=S)N[C@H](C)c3ccccc3)n2)C1. The highest BCUT2D eigenvalue weighted by Crippen LogP contribution is 2.27. The Morgan fingerprint density at radius 3 is 2.52 bits per heavy atom. The molecule has 1 saturated heterocycles. The molecule has 0 amide bonds. The topological polar surface area (TPSA) is 53.1 Å². The molecule has 5 nitrogen and oxygen atoms in total. The Bertz CT molecular complexity index is 775. The largest absolute Gasteiger partial charge is 0.356 e. The second kappa shape index (κ2) is 8.85. The Labute approximate surface area is 171 Å². The number of nitrogens with zero attached hydrogens (tertiary/aromatic N) is 3. The molecule has 3 rings (SSSR count). The third-order valence-corrected chi connectivity index (χ3v) is 5.16. The monoisotopic (exact) mass is 403 g/mol. The lowest BCUT2D eigenvalue weighted by Crippen LogP contribution is -2.39. The summed E-state index contributed by atoms with van der Waals surface area (Å²) in [5.74, 6) is 2.53. The van der Waals surface area contributed by atoms with E-state index >= 15 is 0 Å². The molecule has 1 aromatic heterocycles. The van der Waals surface area contributed by atoms with Gasteiger partial charge in [-0.15, -0.1) is 0 Å². The summed E-state index contributed by atoms with van der Waals surface area (Å²) in [6.07, 6.45) is 1.24. The minimum Gasteiger partial charge on any atom is -0.356 e. The van der Waals surface area contributed by atoms with Crippen LogP contribution in [0.15, 0.2) is 36.4 Å². The number of rotatable bonds is 4. The molecular formula is C20H26ClN5S. The average Bonchev–Trinajstić information content (AvgIpc) is 2.61. The predicted octanol–water partition coefficient (Wildman–Crippen LogP) is 4.66. The quantitative estimate of drug-likeness (QED) is 0.572. The van der Waals surface area contributed by atoms with Crippen molar-refractivity contribution in [2.24, 2.45) is 11.8 Å². The maximum absolute atomic E-state index is 6.25. The molecule has 3 atom stereocenters. The first kappa shape index (κ1) is 19.8. The van der Waals surface area contributed by atoms with Crippen LogP contribution in [0.25, 0.3) is 0 Å². The molecule has 1 aromatic carbocycles. The zero-order valence-electron chi connectivity index (χ0n) is 15.9. The molecule has 0 bridgehead atoms. The molecule has 0 saturated carbocycles. The van der Waals surface area contributed by atoms with E-state index in [0.29, 0.717) is 28.0 Å². The van der Waals surface area contributed by atoms with Gasteiger partial charge in [-0.05, 0) is 43.0 Å². The summed E-state index contributed by atoms with van der Waals surface area (Å²) in [6.45, 7) is 8.56. The maximum atomic E-state index is 6.25. The first-order valence-corrected chi connectivity index (χ1v) is 10.1. The van der Waals surface area contributed by atoms with Crippen molar-refractivity contribution < 1.29 is 0 Å². The van der Waals surface area contributed by atoms with Gasteiger partial charge in [0.15, 0.2) is 5.11 Å². The standard InChI is InChI=1S/C20H26ClN5S/c1-13-9-14(2)12-26(11-13)18-10-17(21)23-19(24-18)25-20(27)22-15(3)16-7-5-4-6-8-16/h4-8,10,13-15H,9,11-12H2,1-3H3,(H2,22,23,24,25,27)/t13-,14-,15-/m1/s1. The van der Waals surface area contributed by atoms with E-state index in [-0.39, 0.29) is 6.04 Å². The fourth-order valence-corrected chi connectivity index (χ4v) is 4.08. The number of aromatic nitrogens is 2. The van der Waals surface area contributed by atoms with E-state index in [1.165, 1.54) is 6.42 Å². The number of hydrogen-bond acceptors (Lipinski definition) is 4. The fourth-order valence-electron chi connectivity index (χ4n) is 3.63. The lowest BCUT2D eigenvalue weighted by atomic mass is 9.92. The van der Waals surface area contributed by atoms with Gasteiger partial charge in [-0.1, -0.05) is 55.8 Å². The van der Waals surface area contributed by atoms with Gasteiger partial charge >= 0.3 is 0 Å². The summed E-state index contributed by atoms with van der Waals surface area (Å²) >= 11 is 11.7. The smallest absolute Gasteiger partial charge is 0.232 e. The van der Waals surface area contributed by atoms with Crippen molar-refractivity contribution in [2.75, 3.05) is 23.3 Å². The molecule has 1 aliphatic heterocycles. The number of halogens is 1. The summed E-state index contributed by atoms with van der Waals surface area (Å²) in [6, 6.07) is 12.0. The van der Waals surface area contributed by atoms with Gasteiger partial charge in [0.05, 0.1) is 6.04 Å². The molecule has 144 valence electrons. The second-order valence-corrected chi connectivity index (χ2v) is 8.25. The van der Waals surface area contributed by atoms with Crippen molar-refractivity contribution in [2.45, 2.75) is 33.2 Å². The third-order valence-electron chi connectivity index (χ3n) is 4.75. The van der Waals surface area contributed by atoms with E-state index in [1.54, 1.807) is 0 Å². The highest BCUT2D eigenvalue weighted by molar-refractivity contribution is 7.80. The second-order valence-electron chi connectivity index (χ2n) is 7.45. The van der Waals surface area contributed by atoms with Crippen LogP contribution in [-0.4, -0.2) is 28.2 Å². The van der Waals surface area contributed by atoms with Gasteiger partial charge in [0.2, 0.25) is 5.95 Å². The summed E-state index contributed by atoms with van der Waals surface area (Å²) in [7, 11) is 0. The summed E-state index contributed by atoms with van der Waals surface area (Å²) in [4.78, 5) is 11.2. The Balaban J connectivity index is 1.68. The highest BCUT2D eigenvalue weighted by atomic mass is 35.5. The van der Waals surface area contributed by atoms with Gasteiger partial charge in [0.1, 0.15) is 11.0 Å². The van der Waals surface area contributed by atoms with Crippen molar-refractivity contribution in [3.05, 3.63) is 47.1 Å². The van der Waals surface area contributed by atoms with Crippen LogP contribution in [0.4, 0.5) is 11.8 Å². The zero-order chi connectivity index (χ0) is 19.4. The van der Waals surface area contributed by atoms with E-state index in [9.17, 15) is 0 Å². The van der Waals surface area contributed by atoms with E-state index < -0.39 is 0 Å². The fraction of sp³-hybridized carbons (Fsp3) is 0.450. The number of piperidine rings is 1. The van der Waals surface area contributed by atoms with Crippen LogP contribution in [0.1, 0.15) is 38.8 Å². The third kappa shape index (κ3) is 5.53. The molecule has 2 heterocycles.